The van der Waals surface area contributed by atoms with E-state index in [0.29, 0.717) is 30.8 Å². The molecule has 2 aromatic heterocycles. The number of fused-ring (bicyclic) bond motifs is 1. The van der Waals surface area contributed by atoms with Crippen molar-refractivity contribution in [2.45, 2.75) is 38.8 Å². The topological polar surface area (TPSA) is 84.0 Å². The van der Waals surface area contributed by atoms with E-state index in [9.17, 15) is 4.79 Å². The smallest absolute Gasteiger partial charge is 0.252 e. The largest absolute Gasteiger partial charge is 0.352 e. The first-order valence-electron chi connectivity index (χ1n) is 7.52. The molecule has 0 aliphatic carbocycles. The lowest BCUT2D eigenvalue weighted by atomic mass is 10.0. The summed E-state index contributed by atoms with van der Waals surface area (Å²) in [4.78, 5) is 16.6. The maximum Gasteiger partial charge on any atom is 0.252 e. The molecule has 0 fully saturated rings. The van der Waals surface area contributed by atoms with Gasteiger partial charge in [-0.3, -0.25) is 4.79 Å². The van der Waals surface area contributed by atoms with Gasteiger partial charge in [0.2, 0.25) is 0 Å². The third-order valence-electron chi connectivity index (χ3n) is 3.85. The summed E-state index contributed by atoms with van der Waals surface area (Å²) in [5.74, 6) is 3.13. The van der Waals surface area contributed by atoms with Crippen LogP contribution in [0.25, 0.3) is 5.65 Å². The number of aryl methyl sites for hydroxylation is 2. The number of terminal acetylenes is 1. The molecule has 1 amide bonds. The number of hydrogen-bond acceptors (Lipinski definition) is 5. The van der Waals surface area contributed by atoms with E-state index in [1.165, 1.54) is 0 Å². The number of aromatic nitrogens is 3. The Bertz CT molecular complexity index is 823. The summed E-state index contributed by atoms with van der Waals surface area (Å²) in [6, 6.07) is 1.82. The Labute approximate surface area is 134 Å². The Morgan fingerprint density at radius 3 is 2.87 bits per heavy atom. The molecule has 0 saturated carbocycles. The van der Waals surface area contributed by atoms with Crippen molar-refractivity contribution in [3.05, 3.63) is 29.2 Å². The van der Waals surface area contributed by atoms with E-state index in [-0.39, 0.29) is 11.6 Å². The van der Waals surface area contributed by atoms with Crippen molar-refractivity contribution >= 4 is 11.6 Å². The number of hydrogen-bond donors (Lipinski definition) is 1. The van der Waals surface area contributed by atoms with Crippen LogP contribution in [0.1, 0.15) is 41.0 Å². The minimum atomic E-state index is -0.372. The average molecular weight is 310 g/mol. The fraction of sp³-hybridized carbons (Fsp3) is 0.438. The summed E-state index contributed by atoms with van der Waals surface area (Å²) in [6.07, 6.45) is 9.00. The van der Waals surface area contributed by atoms with E-state index >= 15 is 0 Å². The highest BCUT2D eigenvalue weighted by atomic mass is 16.1. The Kier molecular flexibility index (Phi) is 3.82. The summed E-state index contributed by atoms with van der Waals surface area (Å²) in [5.41, 5.74) is 1.86. The van der Waals surface area contributed by atoms with Crippen molar-refractivity contribution in [3.63, 3.8) is 0 Å². The van der Waals surface area contributed by atoms with E-state index in [2.05, 4.69) is 31.5 Å². The van der Waals surface area contributed by atoms with Crippen LogP contribution >= 0.6 is 0 Å². The molecule has 7 heteroatoms. The molecule has 118 valence electrons. The van der Waals surface area contributed by atoms with E-state index in [1.807, 2.05) is 19.9 Å². The van der Waals surface area contributed by atoms with Crippen molar-refractivity contribution in [2.75, 3.05) is 6.54 Å². The van der Waals surface area contributed by atoms with Crippen LogP contribution in [0.3, 0.4) is 0 Å². The highest BCUT2D eigenvalue weighted by molar-refractivity contribution is 5.94. The van der Waals surface area contributed by atoms with Crippen LogP contribution in [0.15, 0.2) is 22.5 Å². The number of carbonyl (C=O) groups excluding carboxylic acids is 1. The van der Waals surface area contributed by atoms with Gasteiger partial charge in [0.15, 0.2) is 11.3 Å². The normalized spacial score (nSPS) is 14.7. The van der Waals surface area contributed by atoms with Crippen LogP contribution in [0.2, 0.25) is 0 Å². The zero-order chi connectivity index (χ0) is 16.4. The van der Waals surface area contributed by atoms with Crippen LogP contribution < -0.4 is 5.32 Å². The van der Waals surface area contributed by atoms with Gasteiger partial charge in [-0.25, -0.2) is 9.50 Å². The predicted molar refractivity (Wildman–Crippen MR) is 85.1 cm³/mol. The van der Waals surface area contributed by atoms with Gasteiger partial charge in [0.25, 0.3) is 5.91 Å². The lowest BCUT2D eigenvalue weighted by molar-refractivity contribution is 0.0951. The first-order chi connectivity index (χ1) is 11.0. The lowest BCUT2D eigenvalue weighted by Gasteiger charge is -2.10. The number of rotatable bonds is 6. The van der Waals surface area contributed by atoms with E-state index in [1.54, 1.807) is 10.7 Å². The zero-order valence-corrected chi connectivity index (χ0v) is 13.2. The Hall–Kier alpha value is -2.75. The highest BCUT2D eigenvalue weighted by Crippen LogP contribution is 2.36. The number of pyridine rings is 1. The van der Waals surface area contributed by atoms with Crippen molar-refractivity contribution in [2.24, 2.45) is 10.2 Å². The van der Waals surface area contributed by atoms with Crippen molar-refractivity contribution in [1.82, 2.24) is 19.9 Å². The Morgan fingerprint density at radius 1 is 1.39 bits per heavy atom. The molecule has 2 aromatic rings. The van der Waals surface area contributed by atoms with Gasteiger partial charge in [-0.15, -0.1) is 12.3 Å². The van der Waals surface area contributed by atoms with Crippen LogP contribution in [0.5, 0.6) is 0 Å². The van der Waals surface area contributed by atoms with Gasteiger partial charge in [0, 0.05) is 32.0 Å². The molecule has 1 aliphatic heterocycles. The second kappa shape index (κ2) is 5.80. The summed E-state index contributed by atoms with van der Waals surface area (Å²) >= 11 is 0. The summed E-state index contributed by atoms with van der Waals surface area (Å²) in [5, 5.41) is 15.3. The lowest BCUT2D eigenvalue weighted by Crippen LogP contribution is -2.28. The third kappa shape index (κ3) is 3.21. The van der Waals surface area contributed by atoms with Gasteiger partial charge in [-0.1, -0.05) is 0 Å². The molecule has 0 atom stereocenters. The molecule has 23 heavy (non-hydrogen) atoms. The van der Waals surface area contributed by atoms with Crippen LogP contribution in [0, 0.1) is 26.2 Å². The van der Waals surface area contributed by atoms with E-state index in [4.69, 9.17) is 6.42 Å². The Balaban J connectivity index is 1.61. The summed E-state index contributed by atoms with van der Waals surface area (Å²) < 4.78 is 1.64. The van der Waals surface area contributed by atoms with E-state index < -0.39 is 0 Å². The molecular weight excluding hydrogens is 292 g/mol. The molecular formula is C16H18N6O. The molecule has 0 radical (unpaired) electrons. The van der Waals surface area contributed by atoms with Crippen LogP contribution in [0.4, 0.5) is 0 Å². The fourth-order valence-corrected chi connectivity index (χ4v) is 2.53. The van der Waals surface area contributed by atoms with Gasteiger partial charge < -0.3 is 5.32 Å². The van der Waals surface area contributed by atoms with Gasteiger partial charge in [-0.2, -0.15) is 15.3 Å². The predicted octanol–water partition coefficient (Wildman–Crippen LogP) is 2.04. The van der Waals surface area contributed by atoms with Gasteiger partial charge >= 0.3 is 0 Å². The Morgan fingerprint density at radius 2 is 2.17 bits per heavy atom. The molecule has 7 nitrogen and oxygen atoms in total. The van der Waals surface area contributed by atoms with E-state index in [0.717, 1.165) is 17.6 Å². The minimum Gasteiger partial charge on any atom is -0.352 e. The maximum atomic E-state index is 12.3. The maximum absolute atomic E-state index is 12.3. The molecule has 1 N–H and O–H groups in total. The second-order valence-corrected chi connectivity index (χ2v) is 5.73. The standard InChI is InChI=1S/C16H18N6O/c1-4-5-6-16(20-21-16)7-8-17-15(23)13-9-11(2)14-18-12(3)19-22(14)10-13/h1,9-10H,5-8H2,2-3H3,(H,17,23). The molecule has 0 bridgehead atoms. The molecule has 0 unspecified atom stereocenters. The molecule has 3 heterocycles. The summed E-state index contributed by atoms with van der Waals surface area (Å²) in [6.45, 7) is 4.24. The van der Waals surface area contributed by atoms with Crippen molar-refractivity contribution in [1.29, 1.82) is 0 Å². The minimum absolute atomic E-state index is 0.143. The monoisotopic (exact) mass is 310 g/mol. The van der Waals surface area contributed by atoms with Gasteiger partial charge in [0.05, 0.1) is 5.56 Å². The van der Waals surface area contributed by atoms with Crippen molar-refractivity contribution < 1.29 is 4.79 Å². The number of nitrogens with zero attached hydrogens (tertiary/aromatic N) is 5. The first-order valence-corrected chi connectivity index (χ1v) is 7.52. The van der Waals surface area contributed by atoms with Crippen LogP contribution in [-0.2, 0) is 0 Å². The second-order valence-electron chi connectivity index (χ2n) is 5.73. The quantitative estimate of drug-likeness (QED) is 0.829. The fourth-order valence-electron chi connectivity index (χ4n) is 2.53. The zero-order valence-electron chi connectivity index (χ0n) is 13.2. The highest BCUT2D eigenvalue weighted by Gasteiger charge is 2.38. The SMILES string of the molecule is C#CCCC1(CCNC(=O)c2cc(C)c3nc(C)nn3c2)N=N1. The molecule has 0 saturated heterocycles. The van der Waals surface area contributed by atoms with Gasteiger partial charge in [-0.05, 0) is 25.5 Å². The third-order valence-corrected chi connectivity index (χ3v) is 3.85. The van der Waals surface area contributed by atoms with Crippen LogP contribution in [-0.4, -0.2) is 32.7 Å². The van der Waals surface area contributed by atoms with Gasteiger partial charge in [0.1, 0.15) is 5.82 Å². The number of nitrogens with one attached hydrogen (secondary N) is 1. The number of carbonyl (C=O) groups is 1. The molecule has 0 spiro atoms. The molecule has 3 rings (SSSR count). The average Bonchev–Trinajstić information content (AvgIpc) is 3.18. The number of amides is 1. The summed E-state index contributed by atoms with van der Waals surface area (Å²) in [7, 11) is 0. The molecule has 0 aromatic carbocycles. The van der Waals surface area contributed by atoms with Crippen molar-refractivity contribution in [3.8, 4) is 12.3 Å². The molecule has 1 aliphatic rings. The first kappa shape index (κ1) is 15.2.